The minimum Gasteiger partial charge on any atom is -0.319 e. The lowest BCUT2D eigenvalue weighted by Gasteiger charge is -2.10. The van der Waals surface area contributed by atoms with Crippen molar-refractivity contribution in [1.29, 1.82) is 0 Å². The van der Waals surface area contributed by atoms with Gasteiger partial charge in [-0.15, -0.1) is 5.10 Å². The zero-order valence-electron chi connectivity index (χ0n) is 14.8. The quantitative estimate of drug-likeness (QED) is 0.623. The minimum atomic E-state index is -3.49. The topological polar surface area (TPSA) is 119 Å². The molecule has 1 aromatic heterocycles. The molecule has 0 radical (unpaired) electrons. The number of rotatable bonds is 7. The van der Waals surface area contributed by atoms with Gasteiger partial charge in [-0.2, -0.15) is 0 Å². The van der Waals surface area contributed by atoms with Crippen molar-refractivity contribution in [3.05, 3.63) is 60.2 Å². The van der Waals surface area contributed by atoms with E-state index in [4.69, 9.17) is 0 Å². The summed E-state index contributed by atoms with van der Waals surface area (Å²) in [7, 11) is -3.49. The number of sulfonamides is 1. The number of carbonyl (C=O) groups is 1. The van der Waals surface area contributed by atoms with Crippen LogP contribution in [0.15, 0.2) is 48.8 Å². The molecule has 1 amide bonds. The second-order valence-corrected chi connectivity index (χ2v) is 7.72. The number of aromatic nitrogens is 4. The number of anilines is 2. The van der Waals surface area contributed by atoms with E-state index in [9.17, 15) is 17.6 Å². The third kappa shape index (κ3) is 4.68. The normalized spacial score (nSPS) is 11.2. The highest BCUT2D eigenvalue weighted by Crippen LogP contribution is 2.20. The monoisotopic (exact) mass is 404 g/mol. The Morgan fingerprint density at radius 1 is 1.21 bits per heavy atom. The van der Waals surface area contributed by atoms with Crippen LogP contribution in [0.4, 0.5) is 15.8 Å². The highest BCUT2D eigenvalue weighted by Gasteiger charge is 2.14. The lowest BCUT2D eigenvalue weighted by atomic mass is 10.2. The van der Waals surface area contributed by atoms with Gasteiger partial charge in [0.1, 0.15) is 12.1 Å². The summed E-state index contributed by atoms with van der Waals surface area (Å²) in [4.78, 5) is 12.5. The van der Waals surface area contributed by atoms with Gasteiger partial charge >= 0.3 is 0 Å². The Hall–Kier alpha value is -3.34. The molecule has 3 rings (SSSR count). The van der Waals surface area contributed by atoms with Crippen molar-refractivity contribution in [2.45, 2.75) is 13.3 Å². The van der Waals surface area contributed by atoms with E-state index in [0.29, 0.717) is 12.1 Å². The molecule has 0 saturated heterocycles. The maximum atomic E-state index is 14.1. The molecule has 0 aliphatic rings. The van der Waals surface area contributed by atoms with E-state index in [0.717, 1.165) is 0 Å². The molecule has 3 aromatic rings. The van der Waals surface area contributed by atoms with Gasteiger partial charge in [0.2, 0.25) is 10.0 Å². The molecule has 28 heavy (non-hydrogen) atoms. The second-order valence-electron chi connectivity index (χ2n) is 5.87. The molecule has 11 heteroatoms. The first-order chi connectivity index (χ1) is 13.4. The van der Waals surface area contributed by atoms with E-state index in [-0.39, 0.29) is 22.7 Å². The molecular weight excluding hydrogens is 387 g/mol. The fourth-order valence-corrected chi connectivity index (χ4v) is 3.57. The molecule has 0 spiro atoms. The van der Waals surface area contributed by atoms with E-state index in [2.05, 4.69) is 25.6 Å². The molecule has 9 nitrogen and oxygen atoms in total. The maximum absolute atomic E-state index is 14.1. The molecule has 0 bridgehead atoms. The van der Waals surface area contributed by atoms with Crippen LogP contribution in [0, 0.1) is 5.82 Å². The molecule has 2 N–H and O–H groups in total. The van der Waals surface area contributed by atoms with Crippen LogP contribution in [0.25, 0.3) is 5.69 Å². The predicted octanol–water partition coefficient (Wildman–Crippen LogP) is 2.21. The number of carbonyl (C=O) groups excluding carboxylic acids is 1. The number of benzene rings is 2. The lowest BCUT2D eigenvalue weighted by molar-refractivity contribution is 0.102. The van der Waals surface area contributed by atoms with Crippen LogP contribution in [-0.2, 0) is 10.0 Å². The highest BCUT2D eigenvalue weighted by molar-refractivity contribution is 7.92. The molecule has 1 heterocycles. The van der Waals surface area contributed by atoms with Crippen LogP contribution in [0.1, 0.15) is 23.7 Å². The number of halogens is 1. The van der Waals surface area contributed by atoms with Crippen LogP contribution in [0.3, 0.4) is 0 Å². The van der Waals surface area contributed by atoms with E-state index < -0.39 is 21.7 Å². The van der Waals surface area contributed by atoms with Crippen molar-refractivity contribution in [3.8, 4) is 5.69 Å². The molecule has 146 valence electrons. The third-order valence-corrected chi connectivity index (χ3v) is 5.18. The summed E-state index contributed by atoms with van der Waals surface area (Å²) in [6, 6.07) is 9.97. The van der Waals surface area contributed by atoms with E-state index in [1.807, 2.05) is 0 Å². The van der Waals surface area contributed by atoms with Gasteiger partial charge in [-0.25, -0.2) is 17.5 Å². The number of hydrogen-bond donors (Lipinski definition) is 2. The second kappa shape index (κ2) is 8.13. The average molecular weight is 404 g/mol. The summed E-state index contributed by atoms with van der Waals surface area (Å²) in [5, 5.41) is 13.2. The summed E-state index contributed by atoms with van der Waals surface area (Å²) in [5.74, 6) is -1.26. The van der Waals surface area contributed by atoms with Gasteiger partial charge in [0.25, 0.3) is 5.91 Å². The Morgan fingerprint density at radius 3 is 2.75 bits per heavy atom. The zero-order valence-corrected chi connectivity index (χ0v) is 15.6. The summed E-state index contributed by atoms with van der Waals surface area (Å²) < 4.78 is 41.6. The first kappa shape index (κ1) is 19.4. The first-order valence-corrected chi connectivity index (χ1v) is 9.98. The third-order valence-electron chi connectivity index (χ3n) is 3.68. The Kier molecular flexibility index (Phi) is 5.64. The zero-order chi connectivity index (χ0) is 20.1. The van der Waals surface area contributed by atoms with Crippen molar-refractivity contribution in [3.63, 3.8) is 0 Å². The lowest BCUT2D eigenvalue weighted by Crippen LogP contribution is -2.17. The number of hydrogen-bond acceptors (Lipinski definition) is 6. The van der Waals surface area contributed by atoms with Crippen molar-refractivity contribution in [2.75, 3.05) is 15.8 Å². The number of amides is 1. The molecule has 0 fully saturated rings. The van der Waals surface area contributed by atoms with Crippen LogP contribution in [-0.4, -0.2) is 40.3 Å². The smallest absolute Gasteiger partial charge is 0.255 e. The molecule has 0 atom stereocenters. The SMILES string of the molecule is CCCS(=O)(=O)Nc1cccc(C(=O)Nc2cc(-n3cnnn3)ccc2F)c1. The van der Waals surface area contributed by atoms with Gasteiger partial charge < -0.3 is 5.32 Å². The molecule has 0 aliphatic carbocycles. The van der Waals surface area contributed by atoms with E-state index >= 15 is 0 Å². The van der Waals surface area contributed by atoms with Gasteiger partial charge in [0, 0.05) is 11.3 Å². The fourth-order valence-electron chi connectivity index (χ4n) is 2.45. The van der Waals surface area contributed by atoms with Crippen molar-refractivity contribution in [2.24, 2.45) is 0 Å². The van der Waals surface area contributed by atoms with Crippen LogP contribution in [0.5, 0.6) is 0 Å². The standard InChI is InChI=1S/C17H17FN6O3S/c1-2-8-28(26,27)21-13-5-3-4-12(9-13)17(25)20-16-10-14(6-7-15(16)18)24-11-19-22-23-24/h3-7,9-11,21H,2,8H2,1H3,(H,20,25). The fraction of sp³-hybridized carbons (Fsp3) is 0.176. The van der Waals surface area contributed by atoms with Crippen LogP contribution >= 0.6 is 0 Å². The molecule has 0 aliphatic heterocycles. The van der Waals surface area contributed by atoms with Crippen LogP contribution < -0.4 is 10.0 Å². The summed E-state index contributed by atoms with van der Waals surface area (Å²) >= 11 is 0. The van der Waals surface area contributed by atoms with Gasteiger partial charge in [-0.3, -0.25) is 9.52 Å². The number of tetrazole rings is 1. The van der Waals surface area contributed by atoms with Gasteiger partial charge in [0.15, 0.2) is 0 Å². The summed E-state index contributed by atoms with van der Waals surface area (Å²) in [6.45, 7) is 1.75. The van der Waals surface area contributed by atoms with E-state index in [1.165, 1.54) is 53.5 Å². The predicted molar refractivity (Wildman–Crippen MR) is 101 cm³/mol. The molecule has 0 unspecified atom stereocenters. The largest absolute Gasteiger partial charge is 0.319 e. The van der Waals surface area contributed by atoms with Gasteiger partial charge in [-0.05, 0) is 53.2 Å². The molecular formula is C17H17FN6O3S. The van der Waals surface area contributed by atoms with Crippen molar-refractivity contribution >= 4 is 27.3 Å². The van der Waals surface area contributed by atoms with Crippen molar-refractivity contribution < 1.29 is 17.6 Å². The Balaban J connectivity index is 1.80. The number of nitrogens with one attached hydrogen (secondary N) is 2. The summed E-state index contributed by atoms with van der Waals surface area (Å²) in [5.41, 5.74) is 0.825. The first-order valence-electron chi connectivity index (χ1n) is 8.33. The number of nitrogens with zero attached hydrogens (tertiary/aromatic N) is 4. The summed E-state index contributed by atoms with van der Waals surface area (Å²) in [6.07, 6.45) is 1.80. The molecule has 0 saturated carbocycles. The van der Waals surface area contributed by atoms with Crippen molar-refractivity contribution in [1.82, 2.24) is 20.2 Å². The Bertz CT molecular complexity index is 1090. The average Bonchev–Trinajstić information content (AvgIpc) is 3.18. The maximum Gasteiger partial charge on any atom is 0.255 e. The van der Waals surface area contributed by atoms with E-state index in [1.54, 1.807) is 6.92 Å². The van der Waals surface area contributed by atoms with Crippen LogP contribution in [0.2, 0.25) is 0 Å². The Morgan fingerprint density at radius 2 is 2.04 bits per heavy atom. The Labute approximate surface area is 160 Å². The van der Waals surface area contributed by atoms with Gasteiger partial charge in [-0.1, -0.05) is 13.0 Å². The molecule has 2 aromatic carbocycles. The van der Waals surface area contributed by atoms with Gasteiger partial charge in [0.05, 0.1) is 17.1 Å². The highest BCUT2D eigenvalue weighted by atomic mass is 32.2. The minimum absolute atomic E-state index is 0.0292.